The maximum Gasteiger partial charge on any atom is 0.244 e. The van der Waals surface area contributed by atoms with Crippen molar-refractivity contribution in [1.82, 2.24) is 9.71 Å². The maximum atomic E-state index is 12.1. The second kappa shape index (κ2) is 5.79. The minimum Gasteiger partial charge on any atom is -0.369 e. The number of halogens is 1. The highest BCUT2D eigenvalue weighted by Crippen LogP contribution is 2.22. The highest BCUT2D eigenvalue weighted by atomic mass is 79.9. The van der Waals surface area contributed by atoms with Crippen LogP contribution in [0.1, 0.15) is 20.8 Å². The van der Waals surface area contributed by atoms with E-state index in [2.05, 4.69) is 31.0 Å². The first-order valence-corrected chi connectivity index (χ1v) is 7.56. The van der Waals surface area contributed by atoms with Crippen molar-refractivity contribution in [3.8, 4) is 0 Å². The number of rotatable bonds is 5. The minimum atomic E-state index is -3.54. The van der Waals surface area contributed by atoms with Gasteiger partial charge in [0.15, 0.2) is 0 Å². The normalized spacial score (nSPS) is 11.8. The van der Waals surface area contributed by atoms with Gasteiger partial charge >= 0.3 is 0 Å². The van der Waals surface area contributed by atoms with Gasteiger partial charge in [0.25, 0.3) is 0 Å². The molecule has 0 aliphatic rings. The molecule has 0 aromatic carbocycles. The van der Waals surface area contributed by atoms with Gasteiger partial charge in [-0.25, -0.2) is 18.1 Å². The zero-order valence-corrected chi connectivity index (χ0v) is 12.4. The largest absolute Gasteiger partial charge is 0.369 e. The van der Waals surface area contributed by atoms with Gasteiger partial charge in [0.1, 0.15) is 10.7 Å². The third-order valence-electron chi connectivity index (χ3n) is 1.84. The van der Waals surface area contributed by atoms with Crippen molar-refractivity contribution in [2.24, 2.45) is 0 Å². The first-order valence-electron chi connectivity index (χ1n) is 5.28. The number of sulfonamides is 1. The van der Waals surface area contributed by atoms with Gasteiger partial charge in [0.05, 0.1) is 0 Å². The summed E-state index contributed by atoms with van der Waals surface area (Å²) in [6.45, 7) is 6.04. The van der Waals surface area contributed by atoms with Gasteiger partial charge < -0.3 is 5.32 Å². The Hall–Kier alpha value is -0.660. The second-order valence-electron chi connectivity index (χ2n) is 3.81. The van der Waals surface area contributed by atoms with Crippen LogP contribution in [0.25, 0.3) is 0 Å². The molecule has 0 bridgehead atoms. The van der Waals surface area contributed by atoms with Gasteiger partial charge in [-0.05, 0) is 42.8 Å². The smallest absolute Gasteiger partial charge is 0.244 e. The highest BCUT2D eigenvalue weighted by Gasteiger charge is 2.20. The van der Waals surface area contributed by atoms with E-state index in [1.54, 1.807) is 20.0 Å². The zero-order valence-electron chi connectivity index (χ0n) is 9.99. The van der Waals surface area contributed by atoms with Crippen LogP contribution in [0.15, 0.2) is 21.6 Å². The number of nitrogens with zero attached hydrogens (tertiary/aromatic N) is 1. The lowest BCUT2D eigenvalue weighted by Crippen LogP contribution is -2.31. The number of nitrogens with one attached hydrogen (secondary N) is 2. The minimum absolute atomic E-state index is 0.155. The monoisotopic (exact) mass is 321 g/mol. The van der Waals surface area contributed by atoms with E-state index in [-0.39, 0.29) is 10.9 Å². The van der Waals surface area contributed by atoms with Crippen LogP contribution in [0.2, 0.25) is 0 Å². The average molecular weight is 322 g/mol. The van der Waals surface area contributed by atoms with Gasteiger partial charge in [0, 0.05) is 23.3 Å². The third kappa shape index (κ3) is 3.93. The van der Waals surface area contributed by atoms with Gasteiger partial charge in [-0.2, -0.15) is 0 Å². The summed E-state index contributed by atoms with van der Waals surface area (Å²) in [5, 5.41) is 2.93. The maximum absolute atomic E-state index is 12.1. The van der Waals surface area contributed by atoms with Crippen molar-refractivity contribution < 1.29 is 8.42 Å². The van der Waals surface area contributed by atoms with E-state index in [1.807, 2.05) is 6.92 Å². The Bertz CT molecular complexity index is 488. The van der Waals surface area contributed by atoms with Crippen molar-refractivity contribution in [2.75, 3.05) is 11.9 Å². The number of pyridine rings is 1. The summed E-state index contributed by atoms with van der Waals surface area (Å²) in [6, 6.07) is 1.38. The molecule has 2 N–H and O–H groups in total. The van der Waals surface area contributed by atoms with Gasteiger partial charge in [-0.1, -0.05) is 0 Å². The van der Waals surface area contributed by atoms with E-state index in [0.29, 0.717) is 16.8 Å². The quantitative estimate of drug-likeness (QED) is 0.869. The summed E-state index contributed by atoms with van der Waals surface area (Å²) in [5.41, 5.74) is 0. The fraction of sp³-hybridized carbons (Fsp3) is 0.500. The van der Waals surface area contributed by atoms with E-state index in [1.165, 1.54) is 6.07 Å². The Morgan fingerprint density at radius 3 is 2.65 bits per heavy atom. The van der Waals surface area contributed by atoms with Crippen LogP contribution in [-0.2, 0) is 10.0 Å². The van der Waals surface area contributed by atoms with Gasteiger partial charge in [-0.3, -0.25) is 0 Å². The molecular formula is C10H16BrN3O2S. The predicted molar refractivity (Wildman–Crippen MR) is 71.6 cm³/mol. The molecule has 0 unspecified atom stereocenters. The third-order valence-corrected chi connectivity index (χ3v) is 3.95. The SMILES string of the molecule is CCNc1ncc(Br)cc1S(=O)(=O)NC(C)C. The Balaban J connectivity index is 3.23. The summed E-state index contributed by atoms with van der Waals surface area (Å²) in [7, 11) is -3.54. The molecule has 1 heterocycles. The standard InChI is InChI=1S/C10H16BrN3O2S/c1-4-12-10-9(5-8(11)6-13-10)17(15,16)14-7(2)3/h5-7,14H,4H2,1-3H3,(H,12,13). The van der Waals surface area contributed by atoms with Crippen LogP contribution in [-0.4, -0.2) is 26.0 Å². The first-order chi connectivity index (χ1) is 7.86. The molecule has 0 amide bonds. The molecule has 0 aliphatic heterocycles. The lowest BCUT2D eigenvalue weighted by molar-refractivity contribution is 0.569. The number of anilines is 1. The topological polar surface area (TPSA) is 71.1 Å². The Morgan fingerprint density at radius 1 is 1.47 bits per heavy atom. The first kappa shape index (κ1) is 14.4. The molecule has 7 heteroatoms. The number of aromatic nitrogens is 1. The van der Waals surface area contributed by atoms with E-state index >= 15 is 0 Å². The summed E-state index contributed by atoms with van der Waals surface area (Å²) in [5.74, 6) is 0.365. The lowest BCUT2D eigenvalue weighted by atomic mass is 10.4. The van der Waals surface area contributed by atoms with E-state index in [9.17, 15) is 8.42 Å². The molecule has 17 heavy (non-hydrogen) atoms. The molecule has 0 atom stereocenters. The van der Waals surface area contributed by atoms with Gasteiger partial charge in [0.2, 0.25) is 10.0 Å². The van der Waals surface area contributed by atoms with Crippen molar-refractivity contribution in [3.05, 3.63) is 16.7 Å². The van der Waals surface area contributed by atoms with Crippen LogP contribution in [0.3, 0.4) is 0 Å². The molecule has 0 fully saturated rings. The molecule has 1 aromatic heterocycles. The molecule has 0 radical (unpaired) electrons. The Labute approximate surface area is 110 Å². The predicted octanol–water partition coefficient (Wildman–Crippen LogP) is 1.96. The number of hydrogen-bond acceptors (Lipinski definition) is 4. The van der Waals surface area contributed by atoms with Crippen LogP contribution in [0.4, 0.5) is 5.82 Å². The highest BCUT2D eigenvalue weighted by molar-refractivity contribution is 9.10. The number of hydrogen-bond donors (Lipinski definition) is 2. The van der Waals surface area contributed by atoms with Crippen LogP contribution in [0, 0.1) is 0 Å². The van der Waals surface area contributed by atoms with E-state index < -0.39 is 10.0 Å². The Morgan fingerprint density at radius 2 is 2.12 bits per heavy atom. The second-order valence-corrected chi connectivity index (χ2v) is 6.40. The van der Waals surface area contributed by atoms with Crippen molar-refractivity contribution in [3.63, 3.8) is 0 Å². The summed E-state index contributed by atoms with van der Waals surface area (Å²) >= 11 is 3.22. The van der Waals surface area contributed by atoms with Crippen molar-refractivity contribution >= 4 is 31.8 Å². The van der Waals surface area contributed by atoms with Crippen molar-refractivity contribution in [2.45, 2.75) is 31.7 Å². The van der Waals surface area contributed by atoms with Crippen LogP contribution in [0.5, 0.6) is 0 Å². The zero-order chi connectivity index (χ0) is 13.1. The summed E-state index contributed by atoms with van der Waals surface area (Å²) < 4.78 is 27.3. The average Bonchev–Trinajstić information content (AvgIpc) is 2.19. The Kier molecular flexibility index (Phi) is 4.91. The molecule has 0 spiro atoms. The fourth-order valence-corrected chi connectivity index (χ4v) is 3.19. The molecule has 0 aliphatic carbocycles. The molecule has 1 rings (SSSR count). The summed E-state index contributed by atoms with van der Waals surface area (Å²) in [4.78, 5) is 4.22. The lowest BCUT2D eigenvalue weighted by Gasteiger charge is -2.13. The van der Waals surface area contributed by atoms with Crippen molar-refractivity contribution in [1.29, 1.82) is 0 Å². The summed E-state index contributed by atoms with van der Waals surface area (Å²) in [6.07, 6.45) is 1.56. The molecule has 0 saturated carbocycles. The van der Waals surface area contributed by atoms with E-state index in [0.717, 1.165) is 0 Å². The molecule has 1 aromatic rings. The van der Waals surface area contributed by atoms with E-state index in [4.69, 9.17) is 0 Å². The molecule has 5 nitrogen and oxygen atoms in total. The van der Waals surface area contributed by atoms with Gasteiger partial charge in [-0.15, -0.1) is 0 Å². The molecule has 0 saturated heterocycles. The molecular weight excluding hydrogens is 306 g/mol. The fourth-order valence-electron chi connectivity index (χ4n) is 1.30. The van der Waals surface area contributed by atoms with Crippen LogP contribution < -0.4 is 10.0 Å². The van der Waals surface area contributed by atoms with Crippen LogP contribution >= 0.6 is 15.9 Å². The molecule has 96 valence electrons.